The van der Waals surface area contributed by atoms with E-state index in [1.54, 1.807) is 6.20 Å². The quantitative estimate of drug-likeness (QED) is 0.477. The number of likely N-dealkylation sites (N-methyl/N-ethyl adjacent to an activating group) is 1. The summed E-state index contributed by atoms with van der Waals surface area (Å²) in [4.78, 5) is 17.8. The largest absolute Gasteiger partial charge is 0.360 e. The first-order chi connectivity index (χ1) is 13.2. The summed E-state index contributed by atoms with van der Waals surface area (Å²) in [5, 5.41) is 3.98. The minimum absolute atomic E-state index is 0. The number of fused-ring (bicyclic) bond motifs is 1. The molecule has 1 aromatic heterocycles. The van der Waals surface area contributed by atoms with Gasteiger partial charge in [-0.05, 0) is 43.6 Å². The summed E-state index contributed by atoms with van der Waals surface area (Å²) >= 11 is 0. The van der Waals surface area contributed by atoms with E-state index >= 15 is 0 Å². The van der Waals surface area contributed by atoms with Crippen LogP contribution in [0.4, 0.5) is 0 Å². The number of hydrogen-bond donors (Lipinski definition) is 3. The lowest BCUT2D eigenvalue weighted by molar-refractivity contribution is 0.0951. The van der Waals surface area contributed by atoms with Crippen molar-refractivity contribution in [3.05, 3.63) is 71.4 Å². The maximum Gasteiger partial charge on any atom is 0.253 e. The summed E-state index contributed by atoms with van der Waals surface area (Å²) in [6.45, 7) is 3.06. The van der Waals surface area contributed by atoms with Gasteiger partial charge >= 0.3 is 0 Å². The zero-order valence-electron chi connectivity index (χ0n) is 16.7. The molecule has 4 N–H and O–H groups in total. The number of amides is 1. The summed E-state index contributed by atoms with van der Waals surface area (Å²) in [6.07, 6.45) is 3.92. The van der Waals surface area contributed by atoms with Crippen molar-refractivity contribution in [1.82, 2.24) is 15.2 Å². The van der Waals surface area contributed by atoms with Gasteiger partial charge in [-0.2, -0.15) is 0 Å². The van der Waals surface area contributed by atoms with Gasteiger partial charge in [-0.25, -0.2) is 0 Å². The molecule has 29 heavy (non-hydrogen) atoms. The highest BCUT2D eigenvalue weighted by Crippen LogP contribution is 2.17. The Morgan fingerprint density at radius 2 is 1.72 bits per heavy atom. The van der Waals surface area contributed by atoms with Crippen LogP contribution in [0.25, 0.3) is 10.9 Å². The number of aromatic amines is 1. The first-order valence-corrected chi connectivity index (χ1v) is 9.48. The Balaban J connectivity index is 0.00000210. The number of aromatic nitrogens is 1. The number of H-pyrrole nitrogens is 1. The Morgan fingerprint density at radius 3 is 2.45 bits per heavy atom. The number of benzene rings is 2. The maximum atomic E-state index is 12.4. The number of nitrogens with two attached hydrogens (primary N) is 1. The van der Waals surface area contributed by atoms with E-state index in [4.69, 9.17) is 5.73 Å². The van der Waals surface area contributed by atoms with Gasteiger partial charge < -0.3 is 20.9 Å². The molecule has 5 nitrogen and oxygen atoms in total. The van der Waals surface area contributed by atoms with E-state index in [1.165, 1.54) is 11.1 Å². The normalized spacial score (nSPS) is 10.4. The Labute approximate surface area is 184 Å². The van der Waals surface area contributed by atoms with Gasteiger partial charge in [-0.1, -0.05) is 42.5 Å². The second-order valence-corrected chi connectivity index (χ2v) is 6.93. The van der Waals surface area contributed by atoms with Crippen molar-refractivity contribution in [1.29, 1.82) is 0 Å². The summed E-state index contributed by atoms with van der Waals surface area (Å²) in [6, 6.07) is 16.4. The number of carbonyl (C=O) groups is 1. The van der Waals surface area contributed by atoms with Gasteiger partial charge in [0.05, 0.1) is 5.56 Å². The zero-order chi connectivity index (χ0) is 19.1. The first kappa shape index (κ1) is 25.0. The molecule has 0 spiro atoms. The molecule has 1 heterocycles. The third kappa shape index (κ3) is 7.05. The molecular formula is C22H30Cl2N4O. The van der Waals surface area contributed by atoms with Crippen molar-refractivity contribution in [3.63, 3.8) is 0 Å². The maximum absolute atomic E-state index is 12.4. The van der Waals surface area contributed by atoms with Crippen LogP contribution in [0.5, 0.6) is 0 Å². The highest BCUT2D eigenvalue weighted by Gasteiger charge is 2.11. The third-order valence-electron chi connectivity index (χ3n) is 4.88. The van der Waals surface area contributed by atoms with E-state index in [0.29, 0.717) is 18.7 Å². The topological polar surface area (TPSA) is 74.2 Å². The second kappa shape index (κ2) is 12.5. The Bertz CT molecular complexity index is 880. The molecular weight excluding hydrogens is 407 g/mol. The SMILES string of the molecule is CN(CCCc1ccc(CN)cc1)CCNC(=O)c1c[nH]c2ccccc12.Cl.Cl. The summed E-state index contributed by atoms with van der Waals surface area (Å²) < 4.78 is 0. The fraction of sp³-hybridized carbons (Fsp3) is 0.318. The van der Waals surface area contributed by atoms with Gasteiger partial charge in [0, 0.05) is 36.7 Å². The second-order valence-electron chi connectivity index (χ2n) is 6.93. The number of para-hydroxylation sites is 1. The molecule has 0 fully saturated rings. The highest BCUT2D eigenvalue weighted by molar-refractivity contribution is 6.06. The van der Waals surface area contributed by atoms with Crippen LogP contribution in [0.15, 0.2) is 54.7 Å². The standard InChI is InChI=1S/C22H28N4O.2ClH/c1-26(13-4-5-17-8-10-18(15-23)11-9-17)14-12-24-22(27)20-16-25-21-7-3-2-6-19(20)21;;/h2-3,6-11,16,25H,4-5,12-15,23H2,1H3,(H,24,27);2*1H. The molecule has 3 rings (SSSR count). The molecule has 3 aromatic rings. The molecule has 0 aliphatic rings. The number of nitrogens with one attached hydrogen (secondary N) is 2. The van der Waals surface area contributed by atoms with Gasteiger partial charge in [0.15, 0.2) is 0 Å². The van der Waals surface area contributed by atoms with Crippen molar-refractivity contribution in [3.8, 4) is 0 Å². The summed E-state index contributed by atoms with van der Waals surface area (Å²) in [7, 11) is 2.09. The van der Waals surface area contributed by atoms with Crippen molar-refractivity contribution in [2.24, 2.45) is 5.73 Å². The van der Waals surface area contributed by atoms with Crippen LogP contribution in [0.1, 0.15) is 27.9 Å². The van der Waals surface area contributed by atoms with Gasteiger partial charge in [0.25, 0.3) is 5.91 Å². The van der Waals surface area contributed by atoms with E-state index < -0.39 is 0 Å². The van der Waals surface area contributed by atoms with Crippen LogP contribution in [-0.4, -0.2) is 42.5 Å². The van der Waals surface area contributed by atoms with E-state index in [-0.39, 0.29) is 30.7 Å². The van der Waals surface area contributed by atoms with Crippen LogP contribution in [0.3, 0.4) is 0 Å². The van der Waals surface area contributed by atoms with Gasteiger partial charge in [-0.3, -0.25) is 4.79 Å². The van der Waals surface area contributed by atoms with Gasteiger partial charge in [0.2, 0.25) is 0 Å². The number of rotatable bonds is 9. The summed E-state index contributed by atoms with van der Waals surface area (Å²) in [5.41, 5.74) is 9.83. The summed E-state index contributed by atoms with van der Waals surface area (Å²) in [5.74, 6) is -0.0270. The predicted octanol–water partition coefficient (Wildman–Crippen LogP) is 3.76. The number of halogens is 2. The molecule has 0 radical (unpaired) electrons. The minimum Gasteiger partial charge on any atom is -0.360 e. The van der Waals surface area contributed by atoms with Crippen molar-refractivity contribution in [2.75, 3.05) is 26.7 Å². The number of aryl methyl sites for hydroxylation is 1. The monoisotopic (exact) mass is 436 g/mol. The number of carbonyl (C=O) groups excluding carboxylic acids is 1. The van der Waals surface area contributed by atoms with E-state index in [1.807, 2.05) is 24.3 Å². The van der Waals surface area contributed by atoms with E-state index in [9.17, 15) is 4.79 Å². The minimum atomic E-state index is -0.0270. The average Bonchev–Trinajstić information content (AvgIpc) is 3.13. The smallest absolute Gasteiger partial charge is 0.253 e. The Kier molecular flexibility index (Phi) is 10.8. The van der Waals surface area contributed by atoms with Crippen molar-refractivity contribution >= 4 is 41.6 Å². The van der Waals surface area contributed by atoms with Crippen LogP contribution >= 0.6 is 24.8 Å². The molecule has 0 aliphatic heterocycles. The fourth-order valence-electron chi connectivity index (χ4n) is 3.22. The fourth-order valence-corrected chi connectivity index (χ4v) is 3.22. The Hall–Kier alpha value is -2.05. The molecule has 2 aromatic carbocycles. The van der Waals surface area contributed by atoms with E-state index in [2.05, 4.69) is 46.5 Å². The molecule has 158 valence electrons. The highest BCUT2D eigenvalue weighted by atomic mass is 35.5. The number of hydrogen-bond acceptors (Lipinski definition) is 3. The lowest BCUT2D eigenvalue weighted by Gasteiger charge is -2.16. The molecule has 0 bridgehead atoms. The van der Waals surface area contributed by atoms with Crippen molar-refractivity contribution in [2.45, 2.75) is 19.4 Å². The third-order valence-corrected chi connectivity index (χ3v) is 4.88. The van der Waals surface area contributed by atoms with Crippen LogP contribution < -0.4 is 11.1 Å². The molecule has 0 unspecified atom stereocenters. The molecule has 0 saturated carbocycles. The lowest BCUT2D eigenvalue weighted by atomic mass is 10.1. The molecule has 0 atom stereocenters. The number of nitrogens with zero attached hydrogens (tertiary/aromatic N) is 1. The average molecular weight is 437 g/mol. The zero-order valence-corrected chi connectivity index (χ0v) is 18.3. The molecule has 0 saturated heterocycles. The van der Waals surface area contributed by atoms with Gasteiger partial charge in [0.1, 0.15) is 0 Å². The van der Waals surface area contributed by atoms with Crippen LogP contribution in [0.2, 0.25) is 0 Å². The van der Waals surface area contributed by atoms with E-state index in [0.717, 1.165) is 36.8 Å². The predicted molar refractivity (Wildman–Crippen MR) is 125 cm³/mol. The van der Waals surface area contributed by atoms with Crippen molar-refractivity contribution < 1.29 is 4.79 Å². The molecule has 7 heteroatoms. The Morgan fingerprint density at radius 1 is 1.03 bits per heavy atom. The first-order valence-electron chi connectivity index (χ1n) is 9.48. The molecule has 0 aliphatic carbocycles. The van der Waals surface area contributed by atoms with Gasteiger partial charge in [-0.15, -0.1) is 24.8 Å². The lowest BCUT2D eigenvalue weighted by Crippen LogP contribution is -2.33. The molecule has 1 amide bonds. The van der Waals surface area contributed by atoms with Crippen LogP contribution in [0, 0.1) is 0 Å². The van der Waals surface area contributed by atoms with Crippen LogP contribution in [-0.2, 0) is 13.0 Å².